The molecule has 0 saturated carbocycles. The van der Waals surface area contributed by atoms with Gasteiger partial charge in [0.15, 0.2) is 12.4 Å². The minimum Gasteiger partial charge on any atom is -0.477 e. The van der Waals surface area contributed by atoms with E-state index in [1.165, 1.54) is 18.3 Å². The molecule has 0 saturated heterocycles. The van der Waals surface area contributed by atoms with Gasteiger partial charge in [0, 0.05) is 11.0 Å². The van der Waals surface area contributed by atoms with Crippen LogP contribution in [0.2, 0.25) is 0 Å². The molecule has 0 radical (unpaired) electrons. The van der Waals surface area contributed by atoms with Crippen molar-refractivity contribution in [3.8, 4) is 5.75 Å². The Morgan fingerprint density at radius 2 is 2.04 bits per heavy atom. The van der Waals surface area contributed by atoms with Crippen LogP contribution in [-0.4, -0.2) is 29.9 Å². The lowest BCUT2D eigenvalue weighted by atomic mass is 10.2. The molecule has 0 unspecified atom stereocenters. The van der Waals surface area contributed by atoms with Crippen molar-refractivity contribution in [3.63, 3.8) is 0 Å². The fraction of sp³-hybridized carbons (Fsp3) is 0.176. The Kier molecular flexibility index (Phi) is 6.53. The molecular formula is C17H17N3O4S. The van der Waals surface area contributed by atoms with E-state index in [0.29, 0.717) is 0 Å². The van der Waals surface area contributed by atoms with Gasteiger partial charge in [-0.3, -0.25) is 14.9 Å². The average molecular weight is 359 g/mol. The van der Waals surface area contributed by atoms with E-state index in [4.69, 9.17) is 4.74 Å². The highest BCUT2D eigenvalue weighted by Crippen LogP contribution is 2.27. The number of hydrogen-bond donors (Lipinski definition) is 1. The summed E-state index contributed by atoms with van der Waals surface area (Å²) in [7, 11) is 0. The zero-order valence-corrected chi connectivity index (χ0v) is 14.6. The van der Waals surface area contributed by atoms with Crippen molar-refractivity contribution in [1.82, 2.24) is 5.43 Å². The number of carbonyl (C=O) groups excluding carboxylic acids is 1. The normalized spacial score (nSPS) is 10.6. The van der Waals surface area contributed by atoms with Crippen LogP contribution in [0, 0.1) is 17.0 Å². The van der Waals surface area contributed by atoms with Gasteiger partial charge in [-0.05, 0) is 42.5 Å². The van der Waals surface area contributed by atoms with E-state index in [1.807, 2.05) is 30.5 Å². The monoisotopic (exact) mass is 359 g/mol. The molecule has 0 aromatic heterocycles. The highest BCUT2D eigenvalue weighted by atomic mass is 32.2. The van der Waals surface area contributed by atoms with Gasteiger partial charge >= 0.3 is 5.69 Å². The fourth-order valence-electron chi connectivity index (χ4n) is 1.94. The summed E-state index contributed by atoms with van der Waals surface area (Å²) in [6.07, 6.45) is 3.50. The number of nitrogens with zero attached hydrogens (tertiary/aromatic N) is 2. The van der Waals surface area contributed by atoms with Crippen LogP contribution in [0.5, 0.6) is 5.75 Å². The van der Waals surface area contributed by atoms with E-state index < -0.39 is 10.8 Å². The Bertz CT molecular complexity index is 791. The second kappa shape index (κ2) is 8.84. The molecule has 130 valence electrons. The maximum Gasteiger partial charge on any atom is 0.311 e. The van der Waals surface area contributed by atoms with Crippen LogP contribution in [-0.2, 0) is 4.79 Å². The first-order chi connectivity index (χ1) is 12.0. The van der Waals surface area contributed by atoms with Gasteiger partial charge < -0.3 is 4.74 Å². The summed E-state index contributed by atoms with van der Waals surface area (Å²) in [6.45, 7) is 1.37. The van der Waals surface area contributed by atoms with Crippen molar-refractivity contribution in [3.05, 3.63) is 63.7 Å². The van der Waals surface area contributed by atoms with E-state index in [-0.39, 0.29) is 18.0 Å². The SMILES string of the molecule is CSc1ccc(C=NNC(=O)COc2ccc(C)cc2[N+](=O)[O-])cc1. The minimum absolute atomic E-state index is 0.0439. The topological polar surface area (TPSA) is 93.8 Å². The highest BCUT2D eigenvalue weighted by Gasteiger charge is 2.16. The van der Waals surface area contributed by atoms with Crippen molar-refractivity contribution >= 4 is 29.6 Å². The lowest BCUT2D eigenvalue weighted by Gasteiger charge is -2.06. The Labute approximate surface area is 149 Å². The van der Waals surface area contributed by atoms with Crippen LogP contribution in [0.15, 0.2) is 52.5 Å². The van der Waals surface area contributed by atoms with Crippen LogP contribution in [0.4, 0.5) is 5.69 Å². The molecule has 2 aromatic carbocycles. The van der Waals surface area contributed by atoms with Gasteiger partial charge in [-0.15, -0.1) is 11.8 Å². The summed E-state index contributed by atoms with van der Waals surface area (Å²) < 4.78 is 5.22. The molecule has 0 fully saturated rings. The first-order valence-electron chi connectivity index (χ1n) is 7.33. The number of benzene rings is 2. The van der Waals surface area contributed by atoms with Crippen LogP contribution < -0.4 is 10.2 Å². The Balaban J connectivity index is 1.88. The number of thioether (sulfide) groups is 1. The van der Waals surface area contributed by atoms with Gasteiger partial charge in [-0.1, -0.05) is 18.2 Å². The van der Waals surface area contributed by atoms with Gasteiger partial charge in [0.2, 0.25) is 0 Å². The maximum absolute atomic E-state index is 11.7. The summed E-state index contributed by atoms with van der Waals surface area (Å²) in [4.78, 5) is 23.3. The molecule has 0 aliphatic heterocycles. The first kappa shape index (κ1) is 18.5. The van der Waals surface area contributed by atoms with Gasteiger partial charge in [-0.2, -0.15) is 5.10 Å². The molecular weight excluding hydrogens is 342 g/mol. The molecule has 2 rings (SSSR count). The Hall–Kier alpha value is -2.87. The van der Waals surface area contributed by atoms with Gasteiger partial charge in [-0.25, -0.2) is 5.43 Å². The molecule has 0 bridgehead atoms. The summed E-state index contributed by atoms with van der Waals surface area (Å²) in [5.41, 5.74) is 3.72. The van der Waals surface area contributed by atoms with Crippen molar-refractivity contribution in [2.24, 2.45) is 5.10 Å². The van der Waals surface area contributed by atoms with Crippen LogP contribution in [0.25, 0.3) is 0 Å². The quantitative estimate of drug-likeness (QED) is 0.355. The highest BCUT2D eigenvalue weighted by molar-refractivity contribution is 7.98. The van der Waals surface area contributed by atoms with E-state index in [2.05, 4.69) is 10.5 Å². The van der Waals surface area contributed by atoms with E-state index in [1.54, 1.807) is 24.8 Å². The molecule has 0 aliphatic rings. The number of carbonyl (C=O) groups is 1. The van der Waals surface area contributed by atoms with Crippen LogP contribution in [0.3, 0.4) is 0 Å². The molecule has 25 heavy (non-hydrogen) atoms. The zero-order valence-electron chi connectivity index (χ0n) is 13.8. The molecule has 0 spiro atoms. The molecule has 1 amide bonds. The van der Waals surface area contributed by atoms with Gasteiger partial charge in [0.25, 0.3) is 5.91 Å². The third kappa shape index (κ3) is 5.61. The largest absolute Gasteiger partial charge is 0.477 e. The Morgan fingerprint density at radius 3 is 2.68 bits per heavy atom. The number of aryl methyl sites for hydroxylation is 1. The molecule has 0 heterocycles. The van der Waals surface area contributed by atoms with E-state index in [9.17, 15) is 14.9 Å². The van der Waals surface area contributed by atoms with Crippen molar-refractivity contribution in [1.29, 1.82) is 0 Å². The van der Waals surface area contributed by atoms with Crippen molar-refractivity contribution in [2.45, 2.75) is 11.8 Å². The van der Waals surface area contributed by atoms with Crippen LogP contribution >= 0.6 is 11.8 Å². The molecule has 0 atom stereocenters. The zero-order chi connectivity index (χ0) is 18.2. The maximum atomic E-state index is 11.7. The second-order valence-electron chi connectivity index (χ2n) is 5.08. The predicted octanol–water partition coefficient (Wildman–Crippen LogP) is 3.15. The number of amides is 1. The van der Waals surface area contributed by atoms with E-state index in [0.717, 1.165) is 16.0 Å². The minimum atomic E-state index is -0.545. The average Bonchev–Trinajstić information content (AvgIpc) is 2.61. The Morgan fingerprint density at radius 1 is 1.32 bits per heavy atom. The van der Waals surface area contributed by atoms with Crippen molar-refractivity contribution in [2.75, 3.05) is 12.9 Å². The number of rotatable bonds is 7. The number of nitro groups is 1. The summed E-state index contributed by atoms with van der Waals surface area (Å²) in [5, 5.41) is 14.8. The number of nitro benzene ring substituents is 1. The van der Waals surface area contributed by atoms with Crippen molar-refractivity contribution < 1.29 is 14.5 Å². The smallest absolute Gasteiger partial charge is 0.311 e. The second-order valence-corrected chi connectivity index (χ2v) is 5.96. The first-order valence-corrected chi connectivity index (χ1v) is 8.56. The number of hydrogen-bond acceptors (Lipinski definition) is 6. The van der Waals surface area contributed by atoms with Gasteiger partial charge in [0.1, 0.15) is 0 Å². The molecule has 0 aliphatic carbocycles. The lowest BCUT2D eigenvalue weighted by Crippen LogP contribution is -2.24. The third-order valence-corrected chi connectivity index (χ3v) is 3.93. The summed E-state index contributed by atoms with van der Waals surface area (Å²) in [5.74, 6) is -0.464. The summed E-state index contributed by atoms with van der Waals surface area (Å²) in [6, 6.07) is 12.2. The predicted molar refractivity (Wildman–Crippen MR) is 97.3 cm³/mol. The fourth-order valence-corrected chi connectivity index (χ4v) is 2.34. The molecule has 2 aromatic rings. The van der Waals surface area contributed by atoms with Crippen LogP contribution in [0.1, 0.15) is 11.1 Å². The standard InChI is InChI=1S/C17H17N3O4S/c1-12-3-8-16(15(9-12)20(22)23)24-11-17(21)19-18-10-13-4-6-14(25-2)7-5-13/h3-10H,11H2,1-2H3,(H,19,21). The molecule has 7 nitrogen and oxygen atoms in total. The number of ether oxygens (including phenoxy) is 1. The lowest BCUT2D eigenvalue weighted by molar-refractivity contribution is -0.385. The third-order valence-electron chi connectivity index (χ3n) is 3.19. The van der Waals surface area contributed by atoms with Gasteiger partial charge in [0.05, 0.1) is 11.1 Å². The number of hydrazone groups is 1. The summed E-state index contributed by atoms with van der Waals surface area (Å²) >= 11 is 1.64. The number of nitrogens with one attached hydrogen (secondary N) is 1. The molecule has 1 N–H and O–H groups in total. The molecule has 8 heteroatoms. The van der Waals surface area contributed by atoms with E-state index >= 15 is 0 Å².